The Morgan fingerprint density at radius 3 is 2.55 bits per heavy atom. The third-order valence-corrected chi connectivity index (χ3v) is 3.16. The van der Waals surface area contributed by atoms with Gasteiger partial charge in [0.25, 0.3) is 0 Å². The first-order valence-corrected chi connectivity index (χ1v) is 6.45. The number of carbonyl (C=O) groups excluding carboxylic acids is 1. The zero-order valence-electron chi connectivity index (χ0n) is 11.6. The number of rotatable bonds is 3. The van der Waals surface area contributed by atoms with E-state index in [1.165, 1.54) is 0 Å². The summed E-state index contributed by atoms with van der Waals surface area (Å²) in [6.45, 7) is 4.32. The second kappa shape index (κ2) is 6.10. The summed E-state index contributed by atoms with van der Waals surface area (Å²) in [4.78, 5) is 11.8. The Morgan fingerprint density at radius 1 is 1.10 bits per heavy atom. The lowest BCUT2D eigenvalue weighted by atomic mass is 10.1. The van der Waals surface area contributed by atoms with Gasteiger partial charge in [0, 0.05) is 12.2 Å². The van der Waals surface area contributed by atoms with Crippen LogP contribution in [0.15, 0.2) is 42.5 Å². The highest BCUT2D eigenvalue weighted by Crippen LogP contribution is 2.19. The van der Waals surface area contributed by atoms with Crippen LogP contribution in [-0.2, 0) is 6.54 Å². The lowest BCUT2D eigenvalue weighted by molar-refractivity contribution is 0.251. The Morgan fingerprint density at radius 2 is 1.85 bits per heavy atom. The van der Waals surface area contributed by atoms with Crippen LogP contribution in [0.5, 0.6) is 5.75 Å². The summed E-state index contributed by atoms with van der Waals surface area (Å²) in [5, 5.41) is 14.9. The fraction of sp³-hybridized carbons (Fsp3) is 0.188. The standard InChI is InChI=1S/C16H18N2O2/c1-11-5-3-4-6-13(11)10-17-16(20)18-15-8-7-14(19)9-12(15)2/h3-9,19H,10H2,1-2H3,(H2,17,18,20). The van der Waals surface area contributed by atoms with Gasteiger partial charge in [-0.3, -0.25) is 0 Å². The number of hydrogen-bond acceptors (Lipinski definition) is 2. The van der Waals surface area contributed by atoms with E-state index < -0.39 is 0 Å². The number of aryl methyl sites for hydroxylation is 2. The quantitative estimate of drug-likeness (QED) is 0.749. The molecule has 4 heteroatoms. The molecule has 2 aromatic rings. The van der Waals surface area contributed by atoms with Crippen LogP contribution in [0.25, 0.3) is 0 Å². The molecule has 0 aliphatic carbocycles. The Bertz CT molecular complexity index is 624. The average molecular weight is 270 g/mol. The van der Waals surface area contributed by atoms with Crippen LogP contribution < -0.4 is 10.6 Å². The van der Waals surface area contributed by atoms with Gasteiger partial charge in [0.2, 0.25) is 0 Å². The predicted molar refractivity (Wildman–Crippen MR) is 79.9 cm³/mol. The molecule has 0 fully saturated rings. The molecular formula is C16H18N2O2. The van der Waals surface area contributed by atoms with Crippen molar-refractivity contribution >= 4 is 11.7 Å². The number of amides is 2. The first-order chi connectivity index (χ1) is 9.56. The second-order valence-corrected chi connectivity index (χ2v) is 4.73. The molecule has 0 atom stereocenters. The van der Waals surface area contributed by atoms with Crippen LogP contribution in [0.2, 0.25) is 0 Å². The summed E-state index contributed by atoms with van der Waals surface area (Å²) >= 11 is 0. The van der Waals surface area contributed by atoms with E-state index >= 15 is 0 Å². The maximum atomic E-state index is 11.8. The summed E-state index contributed by atoms with van der Waals surface area (Å²) in [5.41, 5.74) is 3.74. The van der Waals surface area contributed by atoms with E-state index in [1.807, 2.05) is 38.1 Å². The van der Waals surface area contributed by atoms with Gasteiger partial charge >= 0.3 is 6.03 Å². The van der Waals surface area contributed by atoms with Gasteiger partial charge in [0.05, 0.1) is 0 Å². The third kappa shape index (κ3) is 3.51. The summed E-state index contributed by atoms with van der Waals surface area (Å²) in [7, 11) is 0. The molecule has 4 nitrogen and oxygen atoms in total. The average Bonchev–Trinajstić information content (AvgIpc) is 2.41. The van der Waals surface area contributed by atoms with Gasteiger partial charge in [0.15, 0.2) is 0 Å². The number of benzene rings is 2. The van der Waals surface area contributed by atoms with Gasteiger partial charge in [-0.1, -0.05) is 24.3 Å². The molecule has 2 amide bonds. The van der Waals surface area contributed by atoms with E-state index in [0.29, 0.717) is 12.2 Å². The van der Waals surface area contributed by atoms with Gasteiger partial charge in [-0.15, -0.1) is 0 Å². The SMILES string of the molecule is Cc1ccccc1CNC(=O)Nc1ccc(O)cc1C. The zero-order valence-corrected chi connectivity index (χ0v) is 11.6. The molecule has 0 radical (unpaired) electrons. The van der Waals surface area contributed by atoms with E-state index in [0.717, 1.165) is 16.7 Å². The number of nitrogens with one attached hydrogen (secondary N) is 2. The zero-order chi connectivity index (χ0) is 14.5. The predicted octanol–water partition coefficient (Wildman–Crippen LogP) is 3.33. The lowest BCUT2D eigenvalue weighted by Gasteiger charge is -2.11. The lowest BCUT2D eigenvalue weighted by Crippen LogP contribution is -2.28. The van der Waals surface area contributed by atoms with Crippen molar-refractivity contribution in [1.82, 2.24) is 5.32 Å². The largest absolute Gasteiger partial charge is 0.508 e. The van der Waals surface area contributed by atoms with Crippen molar-refractivity contribution in [1.29, 1.82) is 0 Å². The van der Waals surface area contributed by atoms with Gasteiger partial charge < -0.3 is 15.7 Å². The first-order valence-electron chi connectivity index (χ1n) is 6.45. The van der Waals surface area contributed by atoms with Gasteiger partial charge in [-0.2, -0.15) is 0 Å². The Hall–Kier alpha value is -2.49. The fourth-order valence-electron chi connectivity index (χ4n) is 1.94. The van der Waals surface area contributed by atoms with Gasteiger partial charge in [-0.05, 0) is 48.7 Å². The number of aromatic hydroxyl groups is 1. The monoisotopic (exact) mass is 270 g/mol. The molecule has 0 unspecified atom stereocenters. The minimum absolute atomic E-state index is 0.188. The van der Waals surface area contributed by atoms with Crippen molar-refractivity contribution in [3.05, 3.63) is 59.2 Å². The molecule has 0 saturated heterocycles. The first kappa shape index (κ1) is 13.9. The molecule has 2 rings (SSSR count). The van der Waals surface area contributed by atoms with Crippen molar-refractivity contribution < 1.29 is 9.90 Å². The summed E-state index contributed by atoms with van der Waals surface area (Å²) in [5.74, 6) is 0.188. The molecular weight excluding hydrogens is 252 g/mol. The maximum absolute atomic E-state index is 11.8. The van der Waals surface area contributed by atoms with Crippen LogP contribution in [-0.4, -0.2) is 11.1 Å². The molecule has 20 heavy (non-hydrogen) atoms. The number of urea groups is 1. The second-order valence-electron chi connectivity index (χ2n) is 4.73. The van der Waals surface area contributed by atoms with E-state index in [9.17, 15) is 9.90 Å². The number of phenolic OH excluding ortho intramolecular Hbond substituents is 1. The number of carbonyl (C=O) groups is 1. The van der Waals surface area contributed by atoms with Crippen molar-refractivity contribution in [2.75, 3.05) is 5.32 Å². The molecule has 3 N–H and O–H groups in total. The molecule has 0 heterocycles. The van der Waals surface area contributed by atoms with Crippen LogP contribution in [0.4, 0.5) is 10.5 Å². The van der Waals surface area contributed by atoms with Crippen molar-refractivity contribution in [2.45, 2.75) is 20.4 Å². The fourth-order valence-corrected chi connectivity index (χ4v) is 1.94. The van der Waals surface area contributed by atoms with Crippen LogP contribution >= 0.6 is 0 Å². The summed E-state index contributed by atoms with van der Waals surface area (Å²) < 4.78 is 0. The Labute approximate surface area is 118 Å². The molecule has 0 aliphatic rings. The van der Waals surface area contributed by atoms with Gasteiger partial charge in [-0.25, -0.2) is 4.79 Å². The van der Waals surface area contributed by atoms with Crippen molar-refractivity contribution in [3.8, 4) is 5.75 Å². The number of phenols is 1. The smallest absolute Gasteiger partial charge is 0.319 e. The van der Waals surface area contributed by atoms with Gasteiger partial charge in [0.1, 0.15) is 5.75 Å². The molecule has 0 aliphatic heterocycles. The summed E-state index contributed by atoms with van der Waals surface area (Å²) in [6, 6.07) is 12.5. The Kier molecular flexibility index (Phi) is 4.25. The Balaban J connectivity index is 1.94. The topological polar surface area (TPSA) is 61.4 Å². The molecule has 0 saturated carbocycles. The minimum atomic E-state index is -0.262. The number of hydrogen-bond donors (Lipinski definition) is 3. The highest BCUT2D eigenvalue weighted by Gasteiger charge is 2.05. The highest BCUT2D eigenvalue weighted by atomic mass is 16.3. The van der Waals surface area contributed by atoms with E-state index in [2.05, 4.69) is 10.6 Å². The van der Waals surface area contributed by atoms with E-state index in [4.69, 9.17) is 0 Å². The van der Waals surface area contributed by atoms with Crippen molar-refractivity contribution in [2.24, 2.45) is 0 Å². The third-order valence-electron chi connectivity index (χ3n) is 3.16. The molecule has 0 spiro atoms. The van der Waals surface area contributed by atoms with Crippen LogP contribution in [0, 0.1) is 13.8 Å². The normalized spacial score (nSPS) is 10.1. The minimum Gasteiger partial charge on any atom is -0.508 e. The van der Waals surface area contributed by atoms with Crippen molar-refractivity contribution in [3.63, 3.8) is 0 Å². The molecule has 0 aromatic heterocycles. The molecule has 0 bridgehead atoms. The summed E-state index contributed by atoms with van der Waals surface area (Å²) in [6.07, 6.45) is 0. The van der Waals surface area contributed by atoms with E-state index in [-0.39, 0.29) is 11.8 Å². The van der Waals surface area contributed by atoms with E-state index in [1.54, 1.807) is 18.2 Å². The van der Waals surface area contributed by atoms with Crippen LogP contribution in [0.1, 0.15) is 16.7 Å². The number of anilines is 1. The molecule has 104 valence electrons. The van der Waals surface area contributed by atoms with Crippen LogP contribution in [0.3, 0.4) is 0 Å². The molecule has 2 aromatic carbocycles. The highest BCUT2D eigenvalue weighted by molar-refractivity contribution is 5.90. The maximum Gasteiger partial charge on any atom is 0.319 e.